The maximum absolute atomic E-state index is 12.8. The van der Waals surface area contributed by atoms with Crippen molar-refractivity contribution in [1.82, 2.24) is 9.80 Å². The van der Waals surface area contributed by atoms with Gasteiger partial charge in [-0.1, -0.05) is 0 Å². The van der Waals surface area contributed by atoms with Crippen molar-refractivity contribution in [2.45, 2.75) is 30.9 Å². The molecule has 0 aromatic carbocycles. The zero-order chi connectivity index (χ0) is 13.2. The zero-order valence-corrected chi connectivity index (χ0v) is 11.2. The molecule has 104 valence electrons. The Morgan fingerprint density at radius 1 is 1.22 bits per heavy atom. The van der Waals surface area contributed by atoms with Crippen LogP contribution in [0.4, 0.5) is 3.89 Å². The van der Waals surface area contributed by atoms with Gasteiger partial charge in [0.15, 0.2) is 0 Å². The van der Waals surface area contributed by atoms with Crippen LogP contribution in [0, 0.1) is 0 Å². The molecule has 0 radical (unpaired) electrons. The molecule has 7 heteroatoms. The van der Waals surface area contributed by atoms with Crippen molar-refractivity contribution in [2.75, 3.05) is 32.7 Å². The fourth-order valence-corrected chi connectivity index (χ4v) is 3.33. The summed E-state index contributed by atoms with van der Waals surface area (Å²) >= 11 is 0. The molecule has 1 amide bonds. The number of halogens is 1. The number of likely N-dealkylation sites (tertiary alicyclic amines) is 2. The van der Waals surface area contributed by atoms with Gasteiger partial charge in [-0.05, 0) is 38.9 Å². The average molecular weight is 278 g/mol. The summed E-state index contributed by atoms with van der Waals surface area (Å²) in [5.41, 5.74) is 0. The molecular formula is C11H19FN2O3S. The molecule has 1 atom stereocenters. The maximum Gasteiger partial charge on any atom is 0.307 e. The lowest BCUT2D eigenvalue weighted by Gasteiger charge is -2.19. The number of hydrogen-bond acceptors (Lipinski definition) is 4. The molecule has 2 aliphatic rings. The normalized spacial score (nSPS) is 26.2. The van der Waals surface area contributed by atoms with Crippen LogP contribution in [0.15, 0.2) is 0 Å². The Morgan fingerprint density at radius 2 is 1.89 bits per heavy atom. The smallest absolute Gasteiger partial charge is 0.307 e. The van der Waals surface area contributed by atoms with Gasteiger partial charge in [0, 0.05) is 19.5 Å². The van der Waals surface area contributed by atoms with E-state index in [0.29, 0.717) is 6.54 Å². The van der Waals surface area contributed by atoms with E-state index in [-0.39, 0.29) is 18.9 Å². The van der Waals surface area contributed by atoms with Crippen LogP contribution in [-0.4, -0.2) is 62.1 Å². The molecule has 2 fully saturated rings. The minimum atomic E-state index is -4.58. The molecular weight excluding hydrogens is 259 g/mol. The summed E-state index contributed by atoms with van der Waals surface area (Å²) in [7, 11) is -4.58. The first-order valence-corrected chi connectivity index (χ1v) is 7.85. The molecule has 18 heavy (non-hydrogen) atoms. The maximum atomic E-state index is 12.8. The predicted octanol–water partition coefficient (Wildman–Crippen LogP) is 0.372. The van der Waals surface area contributed by atoms with Gasteiger partial charge in [-0.3, -0.25) is 4.79 Å². The molecule has 2 rings (SSSR count). The minimum absolute atomic E-state index is 0.0116. The molecule has 2 aliphatic heterocycles. The van der Waals surface area contributed by atoms with E-state index in [1.54, 1.807) is 0 Å². The molecule has 0 bridgehead atoms. The highest BCUT2D eigenvalue weighted by Crippen LogP contribution is 2.20. The summed E-state index contributed by atoms with van der Waals surface area (Å²) in [5.74, 6) is -0.248. The van der Waals surface area contributed by atoms with Gasteiger partial charge < -0.3 is 9.80 Å². The van der Waals surface area contributed by atoms with Crippen molar-refractivity contribution in [3.8, 4) is 0 Å². The Hall–Kier alpha value is -0.690. The largest absolute Gasteiger partial charge is 0.341 e. The average Bonchev–Trinajstić information content (AvgIpc) is 2.88. The lowest BCUT2D eigenvalue weighted by atomic mass is 10.3. The topological polar surface area (TPSA) is 57.7 Å². The minimum Gasteiger partial charge on any atom is -0.341 e. The Bertz CT molecular complexity index is 407. The predicted molar refractivity (Wildman–Crippen MR) is 65.3 cm³/mol. The molecule has 2 saturated heterocycles. The highest BCUT2D eigenvalue weighted by Gasteiger charge is 2.37. The van der Waals surface area contributed by atoms with Crippen molar-refractivity contribution in [3.05, 3.63) is 0 Å². The van der Waals surface area contributed by atoms with E-state index in [2.05, 4.69) is 4.90 Å². The van der Waals surface area contributed by atoms with E-state index in [1.165, 1.54) is 17.7 Å². The van der Waals surface area contributed by atoms with Gasteiger partial charge in [0.25, 0.3) is 0 Å². The van der Waals surface area contributed by atoms with Crippen LogP contribution in [0.25, 0.3) is 0 Å². The third-order valence-corrected chi connectivity index (χ3v) is 4.79. The zero-order valence-electron chi connectivity index (χ0n) is 10.3. The second kappa shape index (κ2) is 5.52. The van der Waals surface area contributed by atoms with Crippen molar-refractivity contribution in [1.29, 1.82) is 0 Å². The Morgan fingerprint density at radius 3 is 2.44 bits per heavy atom. The van der Waals surface area contributed by atoms with Crippen molar-refractivity contribution in [3.63, 3.8) is 0 Å². The number of rotatable bonds is 5. The lowest BCUT2D eigenvalue weighted by molar-refractivity contribution is -0.127. The van der Waals surface area contributed by atoms with Crippen LogP contribution in [0.2, 0.25) is 0 Å². The van der Waals surface area contributed by atoms with Gasteiger partial charge in [0.2, 0.25) is 5.91 Å². The molecule has 0 N–H and O–H groups in total. The van der Waals surface area contributed by atoms with E-state index in [1.807, 2.05) is 0 Å². The van der Waals surface area contributed by atoms with Crippen molar-refractivity contribution < 1.29 is 17.1 Å². The van der Waals surface area contributed by atoms with Gasteiger partial charge in [-0.25, -0.2) is 0 Å². The summed E-state index contributed by atoms with van der Waals surface area (Å²) in [6.45, 7) is 3.68. The number of carbonyl (C=O) groups excluding carboxylic acids is 1. The highest BCUT2D eigenvalue weighted by atomic mass is 32.3. The standard InChI is InChI=1S/C11H19FN2O3S/c12-18(16,17)10-8-11(15)14(9-10)7-3-6-13-4-1-2-5-13/h10H,1-9H2. The first-order chi connectivity index (χ1) is 8.47. The second-order valence-electron chi connectivity index (χ2n) is 5.04. The molecule has 5 nitrogen and oxygen atoms in total. The number of nitrogens with zero attached hydrogens (tertiary/aromatic N) is 2. The van der Waals surface area contributed by atoms with Gasteiger partial charge in [0.1, 0.15) is 5.25 Å². The summed E-state index contributed by atoms with van der Waals surface area (Å²) in [6, 6.07) is 0. The van der Waals surface area contributed by atoms with Crippen LogP contribution >= 0.6 is 0 Å². The fraction of sp³-hybridized carbons (Fsp3) is 0.909. The first-order valence-electron chi connectivity index (χ1n) is 6.40. The van der Waals surface area contributed by atoms with Crippen molar-refractivity contribution in [2.24, 2.45) is 0 Å². The molecule has 2 heterocycles. The van der Waals surface area contributed by atoms with Crippen LogP contribution in [0.5, 0.6) is 0 Å². The Kier molecular flexibility index (Phi) is 4.21. The second-order valence-corrected chi connectivity index (χ2v) is 6.66. The van der Waals surface area contributed by atoms with Gasteiger partial charge in [-0.15, -0.1) is 3.89 Å². The van der Waals surface area contributed by atoms with Crippen LogP contribution in [-0.2, 0) is 15.0 Å². The quantitative estimate of drug-likeness (QED) is 0.682. The van der Waals surface area contributed by atoms with E-state index < -0.39 is 15.5 Å². The van der Waals surface area contributed by atoms with Crippen molar-refractivity contribution >= 4 is 16.1 Å². The summed E-state index contributed by atoms with van der Waals surface area (Å²) in [5, 5.41) is -1.16. The monoisotopic (exact) mass is 278 g/mol. The first kappa shape index (κ1) is 13.7. The van der Waals surface area contributed by atoms with E-state index in [9.17, 15) is 17.1 Å². The lowest BCUT2D eigenvalue weighted by Crippen LogP contribution is -2.31. The van der Waals surface area contributed by atoms with Crippen LogP contribution in [0.1, 0.15) is 25.7 Å². The molecule has 0 aliphatic carbocycles. The molecule has 0 aromatic heterocycles. The fourth-order valence-electron chi connectivity index (χ4n) is 2.63. The summed E-state index contributed by atoms with van der Waals surface area (Å²) < 4.78 is 34.3. The highest BCUT2D eigenvalue weighted by molar-refractivity contribution is 7.87. The van der Waals surface area contributed by atoms with Crippen LogP contribution in [0.3, 0.4) is 0 Å². The number of carbonyl (C=O) groups is 1. The Labute approximate surface area is 107 Å². The third kappa shape index (κ3) is 3.41. The number of hydrogen-bond donors (Lipinski definition) is 0. The molecule has 0 aromatic rings. The van der Waals surface area contributed by atoms with Gasteiger partial charge in [-0.2, -0.15) is 8.42 Å². The van der Waals surface area contributed by atoms with Gasteiger partial charge >= 0.3 is 10.2 Å². The summed E-state index contributed by atoms with van der Waals surface area (Å²) in [4.78, 5) is 15.3. The Balaban J connectivity index is 1.74. The van der Waals surface area contributed by atoms with E-state index >= 15 is 0 Å². The van der Waals surface area contributed by atoms with Gasteiger partial charge in [0.05, 0.1) is 0 Å². The summed E-state index contributed by atoms with van der Waals surface area (Å²) in [6.07, 6.45) is 3.07. The molecule has 0 spiro atoms. The van der Waals surface area contributed by atoms with Crippen LogP contribution < -0.4 is 0 Å². The third-order valence-electron chi connectivity index (χ3n) is 3.68. The number of amides is 1. The van der Waals surface area contributed by atoms with E-state index in [4.69, 9.17) is 0 Å². The molecule has 1 unspecified atom stereocenters. The van der Waals surface area contributed by atoms with E-state index in [0.717, 1.165) is 26.1 Å². The SMILES string of the molecule is O=C1CC(S(=O)(=O)F)CN1CCCN1CCCC1. The molecule has 0 saturated carbocycles.